The highest BCUT2D eigenvalue weighted by molar-refractivity contribution is 6.49. The molecule has 210 valence electrons. The number of anilines is 2. The monoisotopic (exact) mass is 561 g/mol. The summed E-state index contributed by atoms with van der Waals surface area (Å²) in [5, 5.41) is 34.8. The fourth-order valence-corrected chi connectivity index (χ4v) is 4.35. The van der Waals surface area contributed by atoms with Crippen molar-refractivity contribution in [1.29, 1.82) is 0 Å². The Kier molecular flexibility index (Phi) is 8.19. The summed E-state index contributed by atoms with van der Waals surface area (Å²) < 4.78 is 6.45. The van der Waals surface area contributed by atoms with E-state index in [1.807, 2.05) is 36.4 Å². The van der Waals surface area contributed by atoms with E-state index >= 15 is 0 Å². The highest BCUT2D eigenvalue weighted by Crippen LogP contribution is 2.37. The molecule has 0 fully saturated rings. The number of methoxy groups -OCH3 is 1. The number of aromatic nitrogens is 2. The van der Waals surface area contributed by atoms with Gasteiger partial charge in [0.25, 0.3) is 5.91 Å². The van der Waals surface area contributed by atoms with Gasteiger partial charge in [0.2, 0.25) is 11.6 Å². The second kappa shape index (κ2) is 12.5. The van der Waals surface area contributed by atoms with Gasteiger partial charge in [0.1, 0.15) is 29.2 Å². The fraction of sp³-hybridized carbons (Fsp3) is 0.0645. The molecule has 0 saturated heterocycles. The molecule has 2 N–H and O–H groups in total. The molecule has 11 heteroatoms. The Bertz CT molecular complexity index is 1740. The van der Waals surface area contributed by atoms with Crippen LogP contribution in [0.5, 0.6) is 5.75 Å². The number of benzene rings is 3. The molecule has 1 aromatic heterocycles. The number of para-hydroxylation sites is 2. The zero-order valence-corrected chi connectivity index (χ0v) is 22.4. The smallest absolute Gasteiger partial charge is 0.256 e. The lowest BCUT2D eigenvalue weighted by Crippen LogP contribution is -2.22. The molecule has 1 aliphatic carbocycles. The van der Waals surface area contributed by atoms with Gasteiger partial charge in [-0.05, 0) is 18.2 Å². The predicted octanol–water partition coefficient (Wildman–Crippen LogP) is 5.24. The molecule has 11 nitrogen and oxygen atoms in total. The molecule has 0 spiro atoms. The Morgan fingerprint density at radius 1 is 0.905 bits per heavy atom. The van der Waals surface area contributed by atoms with E-state index in [0.29, 0.717) is 39.6 Å². The molecule has 42 heavy (non-hydrogen) atoms. The van der Waals surface area contributed by atoms with Crippen molar-refractivity contribution in [3.05, 3.63) is 120 Å². The van der Waals surface area contributed by atoms with Crippen LogP contribution in [0.4, 0.5) is 11.4 Å². The van der Waals surface area contributed by atoms with Crippen LogP contribution in [0.2, 0.25) is 0 Å². The van der Waals surface area contributed by atoms with Gasteiger partial charge in [-0.15, -0.1) is 0 Å². The highest BCUT2D eigenvalue weighted by atomic mass is 16.8. The van der Waals surface area contributed by atoms with Gasteiger partial charge in [0, 0.05) is 17.2 Å². The van der Waals surface area contributed by atoms with Crippen LogP contribution in [-0.4, -0.2) is 45.0 Å². The summed E-state index contributed by atoms with van der Waals surface area (Å²) in [7, 11) is 1.49. The molecule has 0 radical (unpaired) electrons. The maximum atomic E-state index is 13.7. The number of rotatable bonds is 8. The lowest BCUT2D eigenvalue weighted by atomic mass is 10.1. The topological polar surface area (TPSA) is 147 Å². The van der Waals surface area contributed by atoms with Crippen molar-refractivity contribution in [3.8, 4) is 28.3 Å². The Hall–Kier alpha value is -5.97. The van der Waals surface area contributed by atoms with Crippen molar-refractivity contribution in [2.75, 3.05) is 17.9 Å². The normalized spacial score (nSPS) is 13.2. The standard InChI is InChI=1S/C31H25N6O5/c1-42-26-19-11-9-17-24(26)32-27(38)20-28(39)36-31(22-14-6-3-7-15-22)30(29(35-36)21-12-4-2-5-13-21)34-33-23-16-8-10-18-25(23)37(40)41/h2-19,34H,20H2,1H3,(H-,32,33,38,40,41)/q-1. The first-order valence-corrected chi connectivity index (χ1v) is 12.9. The summed E-state index contributed by atoms with van der Waals surface area (Å²) in [4.78, 5) is 26.1. The first kappa shape index (κ1) is 27.6. The molecule has 0 saturated carbocycles. The van der Waals surface area contributed by atoms with E-state index in [1.165, 1.54) is 19.3 Å². The van der Waals surface area contributed by atoms with Crippen molar-refractivity contribution < 1.29 is 19.2 Å². The quantitative estimate of drug-likeness (QED) is 0.129. The van der Waals surface area contributed by atoms with E-state index in [-0.39, 0.29) is 11.4 Å². The van der Waals surface area contributed by atoms with E-state index in [2.05, 4.69) is 20.9 Å². The number of nitrogens with one attached hydrogen (secondary N) is 2. The summed E-state index contributed by atoms with van der Waals surface area (Å²) in [5.74, 6) is -0.701. The number of nitrogens with zero attached hydrogens (tertiary/aromatic N) is 4. The van der Waals surface area contributed by atoms with Gasteiger partial charge in [-0.2, -0.15) is 19.8 Å². The van der Waals surface area contributed by atoms with Gasteiger partial charge in [-0.25, -0.2) is 0 Å². The number of hydrogen-bond donors (Lipinski definition) is 2. The van der Waals surface area contributed by atoms with Crippen molar-refractivity contribution in [1.82, 2.24) is 9.78 Å². The Labute approximate surface area is 240 Å². The lowest BCUT2D eigenvalue weighted by molar-refractivity contribution is -0.375. The number of carbonyl (C=O) groups excluding carboxylic acids is 2. The first-order valence-electron chi connectivity index (χ1n) is 12.9. The van der Waals surface area contributed by atoms with E-state index in [0.717, 1.165) is 4.68 Å². The fourth-order valence-electron chi connectivity index (χ4n) is 4.35. The number of ether oxygens (including phenoxy) is 1. The number of hydrogen-bond acceptors (Lipinski definition) is 8. The minimum Gasteiger partial charge on any atom is -0.612 e. The molecule has 4 aromatic rings. The lowest BCUT2D eigenvalue weighted by Gasteiger charge is -2.12. The minimum atomic E-state index is -0.600. The molecule has 0 unspecified atom stereocenters. The van der Waals surface area contributed by atoms with Crippen LogP contribution in [0, 0.1) is 10.4 Å². The van der Waals surface area contributed by atoms with Gasteiger partial charge >= 0.3 is 0 Å². The van der Waals surface area contributed by atoms with E-state index in [4.69, 9.17) is 4.74 Å². The van der Waals surface area contributed by atoms with Gasteiger partial charge in [-0.3, -0.25) is 15.0 Å². The van der Waals surface area contributed by atoms with Gasteiger partial charge in [0.15, 0.2) is 5.71 Å². The maximum absolute atomic E-state index is 13.7. The molecule has 3 aromatic carbocycles. The van der Waals surface area contributed by atoms with Crippen LogP contribution in [0.3, 0.4) is 0 Å². The SMILES string of the molecule is COc1ccccc1NC(=O)CC(=O)n1nc(-c2ccccc2)c(NN=C2C=CC=CC2=[N+]([O-])[O-])c1-c1ccccc1. The molecular formula is C31H25N6O5-. The van der Waals surface area contributed by atoms with E-state index in [1.54, 1.807) is 60.7 Å². The third kappa shape index (κ3) is 5.94. The summed E-state index contributed by atoms with van der Waals surface area (Å²) in [6.07, 6.45) is 5.53. The summed E-state index contributed by atoms with van der Waals surface area (Å²) >= 11 is 0. The van der Waals surface area contributed by atoms with Crippen molar-refractivity contribution in [2.45, 2.75) is 6.42 Å². The maximum Gasteiger partial charge on any atom is 0.256 e. The summed E-state index contributed by atoms with van der Waals surface area (Å²) in [6.45, 7) is 0. The molecule has 0 aliphatic heterocycles. The molecule has 0 atom stereocenters. The van der Waals surface area contributed by atoms with Crippen molar-refractivity contribution in [3.63, 3.8) is 0 Å². The first-order chi connectivity index (χ1) is 20.5. The van der Waals surface area contributed by atoms with E-state index in [9.17, 15) is 20.0 Å². The summed E-state index contributed by atoms with van der Waals surface area (Å²) in [6, 6.07) is 25.0. The Balaban J connectivity index is 1.59. The average molecular weight is 562 g/mol. The van der Waals surface area contributed by atoms with Crippen LogP contribution in [-0.2, 0) is 4.79 Å². The average Bonchev–Trinajstić information content (AvgIpc) is 3.41. The van der Waals surface area contributed by atoms with Crippen LogP contribution < -0.4 is 15.5 Å². The van der Waals surface area contributed by atoms with Gasteiger partial charge < -0.3 is 20.5 Å². The number of amides is 1. The third-order valence-corrected chi connectivity index (χ3v) is 6.28. The van der Waals surface area contributed by atoms with Crippen LogP contribution >= 0.6 is 0 Å². The third-order valence-electron chi connectivity index (χ3n) is 6.28. The van der Waals surface area contributed by atoms with E-state index < -0.39 is 23.1 Å². The number of hydrazone groups is 1. The molecular weight excluding hydrogens is 536 g/mol. The molecule has 1 heterocycles. The molecule has 5 rings (SSSR count). The Morgan fingerprint density at radius 3 is 2.24 bits per heavy atom. The summed E-state index contributed by atoms with van der Waals surface area (Å²) in [5.41, 5.74) is 5.60. The van der Waals surface area contributed by atoms with Crippen LogP contribution in [0.1, 0.15) is 11.2 Å². The molecule has 1 amide bonds. The van der Waals surface area contributed by atoms with Gasteiger partial charge in [-0.1, -0.05) is 84.9 Å². The number of carbonyl (C=O) groups is 2. The second-order valence-electron chi connectivity index (χ2n) is 9.00. The largest absolute Gasteiger partial charge is 0.612 e. The van der Waals surface area contributed by atoms with Crippen LogP contribution in [0.15, 0.2) is 114 Å². The van der Waals surface area contributed by atoms with Crippen molar-refractivity contribution in [2.24, 2.45) is 5.10 Å². The zero-order chi connectivity index (χ0) is 29.5. The van der Waals surface area contributed by atoms with Gasteiger partial charge in [0.05, 0.1) is 12.8 Å². The molecule has 0 bridgehead atoms. The zero-order valence-electron chi connectivity index (χ0n) is 22.4. The molecule has 1 aliphatic rings. The number of allylic oxidation sites excluding steroid dienone is 4. The second-order valence-corrected chi connectivity index (χ2v) is 9.00. The van der Waals surface area contributed by atoms with Crippen molar-refractivity contribution >= 4 is 34.6 Å². The minimum absolute atomic E-state index is 0.0933. The predicted molar refractivity (Wildman–Crippen MR) is 161 cm³/mol. The van der Waals surface area contributed by atoms with Crippen LogP contribution in [0.25, 0.3) is 22.5 Å². The highest BCUT2D eigenvalue weighted by Gasteiger charge is 2.26. The Morgan fingerprint density at radius 2 is 1.55 bits per heavy atom.